The third kappa shape index (κ3) is 9.24. The molecule has 0 aliphatic rings. The number of H-pyrrole nitrogens is 1. The molecule has 222 valence electrons. The molecule has 2 aromatic carbocycles. The molecule has 0 bridgehead atoms. The Morgan fingerprint density at radius 3 is 2.39 bits per heavy atom. The van der Waals surface area contributed by atoms with E-state index in [0.29, 0.717) is 50.6 Å². The van der Waals surface area contributed by atoms with E-state index in [1.165, 1.54) is 4.90 Å². The lowest BCUT2D eigenvalue weighted by Gasteiger charge is -2.28. The number of carbonyl (C=O) groups excluding carboxylic acids is 3. The number of para-hydroxylation sites is 1. The van der Waals surface area contributed by atoms with Gasteiger partial charge >= 0.3 is 5.97 Å². The summed E-state index contributed by atoms with van der Waals surface area (Å²) >= 11 is 0. The number of carbonyl (C=O) groups is 3. The van der Waals surface area contributed by atoms with Crippen molar-refractivity contribution >= 4 is 28.7 Å². The zero-order valence-electron chi connectivity index (χ0n) is 24.4. The number of aromatic nitrogens is 1. The SMILES string of the molecule is CCOC(=O)CCC(=O)N(CCCOC)CC(=O)N(CCc1c[nH]c2ccccc12)Cc1ccc(OC)c(OC)c1. The van der Waals surface area contributed by atoms with Crippen LogP contribution in [0.1, 0.15) is 37.3 Å². The van der Waals surface area contributed by atoms with Crippen LogP contribution in [0, 0.1) is 0 Å². The molecule has 1 heterocycles. The molecule has 0 aliphatic carbocycles. The molecule has 10 nitrogen and oxygen atoms in total. The highest BCUT2D eigenvalue weighted by molar-refractivity contribution is 5.87. The van der Waals surface area contributed by atoms with Gasteiger partial charge in [0, 0.05) is 56.9 Å². The first kappa shape index (κ1) is 31.5. The number of esters is 1. The molecule has 0 atom stereocenters. The lowest BCUT2D eigenvalue weighted by Crippen LogP contribution is -2.44. The number of nitrogens with zero attached hydrogens (tertiary/aromatic N) is 2. The average Bonchev–Trinajstić information content (AvgIpc) is 3.40. The standard InChI is InChI=1S/C31H41N3O7/c1-5-41-31(37)14-13-29(35)33(16-8-18-38-2)22-30(36)34(21-23-11-12-27(39-3)28(19-23)40-4)17-15-24-20-32-26-10-7-6-9-25(24)26/h6-7,9-12,19-20,32H,5,8,13-18,21-22H2,1-4H3. The van der Waals surface area contributed by atoms with Gasteiger partial charge in [-0.15, -0.1) is 0 Å². The highest BCUT2D eigenvalue weighted by Gasteiger charge is 2.23. The molecule has 2 amide bonds. The van der Waals surface area contributed by atoms with Gasteiger partial charge in [0.15, 0.2) is 11.5 Å². The van der Waals surface area contributed by atoms with Crippen molar-refractivity contribution in [3.8, 4) is 11.5 Å². The van der Waals surface area contributed by atoms with Crippen molar-refractivity contribution in [2.75, 3.05) is 54.2 Å². The lowest BCUT2D eigenvalue weighted by molar-refractivity contribution is -0.146. The number of ether oxygens (including phenoxy) is 4. The van der Waals surface area contributed by atoms with Gasteiger partial charge in [0.25, 0.3) is 0 Å². The van der Waals surface area contributed by atoms with Gasteiger partial charge in [-0.25, -0.2) is 0 Å². The van der Waals surface area contributed by atoms with E-state index >= 15 is 0 Å². The minimum Gasteiger partial charge on any atom is -0.493 e. The molecule has 0 saturated carbocycles. The number of aromatic amines is 1. The molecule has 0 saturated heterocycles. The molecule has 41 heavy (non-hydrogen) atoms. The number of fused-ring (bicyclic) bond motifs is 1. The van der Waals surface area contributed by atoms with Crippen LogP contribution in [-0.4, -0.2) is 86.7 Å². The molecule has 0 radical (unpaired) electrons. The van der Waals surface area contributed by atoms with E-state index in [-0.39, 0.29) is 37.8 Å². The largest absolute Gasteiger partial charge is 0.493 e. The van der Waals surface area contributed by atoms with Gasteiger partial charge in [-0.05, 0) is 49.1 Å². The minimum absolute atomic E-state index is 0.0237. The van der Waals surface area contributed by atoms with E-state index in [1.807, 2.05) is 42.6 Å². The van der Waals surface area contributed by atoms with E-state index in [2.05, 4.69) is 11.1 Å². The van der Waals surface area contributed by atoms with Crippen molar-refractivity contribution in [1.29, 1.82) is 0 Å². The van der Waals surface area contributed by atoms with Gasteiger partial charge in [0.05, 0.1) is 33.8 Å². The highest BCUT2D eigenvalue weighted by Crippen LogP contribution is 2.28. The summed E-state index contributed by atoms with van der Waals surface area (Å²) in [5.74, 6) is 0.276. The molecule has 3 aromatic rings. The Kier molecular flexibility index (Phi) is 12.5. The van der Waals surface area contributed by atoms with Crippen molar-refractivity contribution in [2.45, 2.75) is 39.2 Å². The maximum Gasteiger partial charge on any atom is 0.306 e. The van der Waals surface area contributed by atoms with E-state index in [1.54, 1.807) is 33.2 Å². The fourth-order valence-corrected chi connectivity index (χ4v) is 4.64. The van der Waals surface area contributed by atoms with Crippen LogP contribution in [0.3, 0.4) is 0 Å². The van der Waals surface area contributed by atoms with Crippen LogP contribution >= 0.6 is 0 Å². The number of hydrogen-bond donors (Lipinski definition) is 1. The first-order chi connectivity index (χ1) is 19.9. The number of amides is 2. The van der Waals surface area contributed by atoms with Gasteiger partial charge in [-0.2, -0.15) is 0 Å². The highest BCUT2D eigenvalue weighted by atomic mass is 16.5. The summed E-state index contributed by atoms with van der Waals surface area (Å²) in [5.41, 5.74) is 3.01. The van der Waals surface area contributed by atoms with E-state index < -0.39 is 5.97 Å². The molecule has 0 spiro atoms. The van der Waals surface area contributed by atoms with Crippen LogP contribution in [0.25, 0.3) is 10.9 Å². The number of hydrogen-bond acceptors (Lipinski definition) is 7. The second-order valence-electron chi connectivity index (χ2n) is 9.58. The Morgan fingerprint density at radius 1 is 0.878 bits per heavy atom. The quantitative estimate of drug-likeness (QED) is 0.194. The Morgan fingerprint density at radius 2 is 1.66 bits per heavy atom. The number of rotatable bonds is 17. The van der Waals surface area contributed by atoms with Crippen LogP contribution in [0.5, 0.6) is 11.5 Å². The van der Waals surface area contributed by atoms with E-state index in [4.69, 9.17) is 18.9 Å². The molecule has 10 heteroatoms. The van der Waals surface area contributed by atoms with Crippen molar-refractivity contribution < 1.29 is 33.3 Å². The molecule has 3 rings (SSSR count). The molecule has 0 fully saturated rings. The zero-order valence-corrected chi connectivity index (χ0v) is 24.4. The summed E-state index contributed by atoms with van der Waals surface area (Å²) < 4.78 is 21.0. The molecular weight excluding hydrogens is 526 g/mol. The average molecular weight is 568 g/mol. The monoisotopic (exact) mass is 567 g/mol. The second-order valence-corrected chi connectivity index (χ2v) is 9.58. The van der Waals surface area contributed by atoms with E-state index in [0.717, 1.165) is 22.0 Å². The summed E-state index contributed by atoms with van der Waals surface area (Å²) in [6, 6.07) is 13.6. The molecule has 0 aliphatic heterocycles. The smallest absolute Gasteiger partial charge is 0.306 e. The Labute approximate surface area is 241 Å². The van der Waals surface area contributed by atoms with Crippen molar-refractivity contribution in [3.05, 3.63) is 59.8 Å². The van der Waals surface area contributed by atoms with Gasteiger partial charge in [0.2, 0.25) is 11.8 Å². The Hall–Kier alpha value is -4.05. The Bertz CT molecular complexity index is 1290. The fourth-order valence-electron chi connectivity index (χ4n) is 4.64. The number of benzene rings is 2. The van der Waals surface area contributed by atoms with E-state index in [9.17, 15) is 14.4 Å². The van der Waals surface area contributed by atoms with Crippen LogP contribution < -0.4 is 9.47 Å². The van der Waals surface area contributed by atoms with Crippen molar-refractivity contribution in [1.82, 2.24) is 14.8 Å². The normalized spacial score (nSPS) is 10.8. The summed E-state index contributed by atoms with van der Waals surface area (Å²) in [6.45, 7) is 3.43. The molecule has 0 unspecified atom stereocenters. The predicted octanol–water partition coefficient (Wildman–Crippen LogP) is 3.96. The molecule has 1 N–H and O–H groups in total. The third-order valence-corrected chi connectivity index (χ3v) is 6.80. The minimum atomic E-state index is -0.433. The number of methoxy groups -OCH3 is 3. The maximum absolute atomic E-state index is 13.8. The van der Waals surface area contributed by atoms with Crippen molar-refractivity contribution in [3.63, 3.8) is 0 Å². The molecule has 1 aromatic heterocycles. The van der Waals surface area contributed by atoms with Gasteiger partial charge < -0.3 is 33.7 Å². The van der Waals surface area contributed by atoms with Gasteiger partial charge in [-0.1, -0.05) is 24.3 Å². The van der Waals surface area contributed by atoms with Gasteiger partial charge in [0.1, 0.15) is 0 Å². The fraction of sp³-hybridized carbons (Fsp3) is 0.452. The predicted molar refractivity (Wildman–Crippen MR) is 156 cm³/mol. The lowest BCUT2D eigenvalue weighted by atomic mass is 10.1. The van der Waals surface area contributed by atoms with Crippen LogP contribution in [0.15, 0.2) is 48.7 Å². The zero-order chi connectivity index (χ0) is 29.6. The summed E-state index contributed by atoms with van der Waals surface area (Å²) in [4.78, 5) is 45.3. The maximum atomic E-state index is 13.8. The topological polar surface area (TPSA) is 110 Å². The molecular formula is C31H41N3O7. The first-order valence-electron chi connectivity index (χ1n) is 13.9. The first-order valence-corrected chi connectivity index (χ1v) is 13.9. The number of nitrogens with one attached hydrogen (secondary N) is 1. The summed E-state index contributed by atoms with van der Waals surface area (Å²) in [5, 5.41) is 1.11. The van der Waals surface area contributed by atoms with Gasteiger partial charge in [-0.3, -0.25) is 14.4 Å². The van der Waals surface area contributed by atoms with Crippen LogP contribution in [0.4, 0.5) is 0 Å². The van der Waals surface area contributed by atoms with Crippen LogP contribution in [0.2, 0.25) is 0 Å². The second kappa shape index (κ2) is 16.3. The summed E-state index contributed by atoms with van der Waals surface area (Å²) in [7, 11) is 4.74. The van der Waals surface area contributed by atoms with Crippen LogP contribution in [-0.2, 0) is 36.8 Å². The third-order valence-electron chi connectivity index (χ3n) is 6.80. The summed E-state index contributed by atoms with van der Waals surface area (Å²) in [6.07, 6.45) is 3.12. The Balaban J connectivity index is 1.80. The van der Waals surface area contributed by atoms with Crippen molar-refractivity contribution in [2.24, 2.45) is 0 Å².